The van der Waals surface area contributed by atoms with E-state index in [4.69, 9.17) is 22.1 Å². The van der Waals surface area contributed by atoms with Gasteiger partial charge in [-0.1, -0.05) is 11.6 Å². The number of carbonyl (C=O) groups is 1. The Labute approximate surface area is 122 Å². The number of nitrogen functional groups attached to an aromatic ring is 1. The number of hydrogen-bond donors (Lipinski definition) is 1. The zero-order valence-corrected chi connectivity index (χ0v) is 11.8. The second kappa shape index (κ2) is 4.84. The van der Waals surface area contributed by atoms with Crippen LogP contribution in [0.2, 0.25) is 5.02 Å². The van der Waals surface area contributed by atoms with Crippen LogP contribution in [0.4, 0.5) is 5.69 Å². The summed E-state index contributed by atoms with van der Waals surface area (Å²) < 4.78 is 5.63. The first kappa shape index (κ1) is 13.0. The smallest absolute Gasteiger partial charge is 0.195 e. The van der Waals surface area contributed by atoms with Gasteiger partial charge >= 0.3 is 0 Å². The van der Waals surface area contributed by atoms with Crippen molar-refractivity contribution < 1.29 is 9.53 Å². The van der Waals surface area contributed by atoms with Crippen LogP contribution >= 0.6 is 11.6 Å². The molecular formula is C16H14ClNO2. The van der Waals surface area contributed by atoms with E-state index in [1.165, 1.54) is 0 Å². The zero-order valence-electron chi connectivity index (χ0n) is 11.0. The van der Waals surface area contributed by atoms with Crippen molar-refractivity contribution in [1.82, 2.24) is 0 Å². The molecule has 1 aliphatic heterocycles. The minimum atomic E-state index is -0.0958. The molecule has 2 N–H and O–H groups in total. The minimum Gasteiger partial charge on any atom is -0.490 e. The van der Waals surface area contributed by atoms with Gasteiger partial charge in [0.1, 0.15) is 11.9 Å². The summed E-state index contributed by atoms with van der Waals surface area (Å²) in [6, 6.07) is 10.4. The molecule has 0 amide bonds. The third-order valence-corrected chi connectivity index (χ3v) is 3.65. The molecule has 0 fully saturated rings. The molecule has 1 unspecified atom stereocenters. The third-order valence-electron chi connectivity index (χ3n) is 3.42. The molecule has 2 aromatic rings. The average molecular weight is 288 g/mol. The summed E-state index contributed by atoms with van der Waals surface area (Å²) in [5, 5.41) is 0.523. The quantitative estimate of drug-likeness (QED) is 0.679. The van der Waals surface area contributed by atoms with Crippen LogP contribution in [0.25, 0.3) is 0 Å². The van der Waals surface area contributed by atoms with Crippen molar-refractivity contribution in [2.45, 2.75) is 19.4 Å². The Bertz CT molecular complexity index is 697. The number of benzene rings is 2. The number of carbonyl (C=O) groups excluding carboxylic acids is 1. The van der Waals surface area contributed by atoms with Gasteiger partial charge in [0.05, 0.1) is 0 Å². The van der Waals surface area contributed by atoms with Gasteiger partial charge in [0.2, 0.25) is 0 Å². The Morgan fingerprint density at radius 1 is 1.30 bits per heavy atom. The molecule has 2 aromatic carbocycles. The first-order valence-corrected chi connectivity index (χ1v) is 6.81. The predicted octanol–water partition coefficient (Wildman–Crippen LogP) is 3.48. The largest absolute Gasteiger partial charge is 0.490 e. The normalized spacial score (nSPS) is 16.6. The van der Waals surface area contributed by atoms with Gasteiger partial charge in [-0.05, 0) is 48.9 Å². The first-order chi connectivity index (χ1) is 9.54. The Morgan fingerprint density at radius 2 is 2.10 bits per heavy atom. The molecule has 3 rings (SSSR count). The average Bonchev–Trinajstić information content (AvgIpc) is 2.77. The highest BCUT2D eigenvalue weighted by molar-refractivity contribution is 6.31. The van der Waals surface area contributed by atoms with Gasteiger partial charge < -0.3 is 10.5 Å². The van der Waals surface area contributed by atoms with Crippen LogP contribution in [-0.2, 0) is 6.42 Å². The molecule has 0 saturated heterocycles. The fourth-order valence-corrected chi connectivity index (χ4v) is 2.64. The van der Waals surface area contributed by atoms with E-state index >= 15 is 0 Å². The zero-order chi connectivity index (χ0) is 14.3. The Morgan fingerprint density at radius 3 is 2.85 bits per heavy atom. The van der Waals surface area contributed by atoms with Gasteiger partial charge in [-0.15, -0.1) is 0 Å². The van der Waals surface area contributed by atoms with Crippen molar-refractivity contribution in [3.8, 4) is 5.75 Å². The standard InChI is InChI=1S/C16H14ClNO2/c1-9-6-11-7-10(2-5-15(11)20-9)16(19)13-4-3-12(17)8-14(13)18/h2-5,7-9H,6,18H2,1H3. The molecule has 1 heterocycles. The van der Waals surface area contributed by atoms with Crippen molar-refractivity contribution in [3.63, 3.8) is 0 Å². The van der Waals surface area contributed by atoms with Crippen LogP contribution in [0, 0.1) is 0 Å². The van der Waals surface area contributed by atoms with E-state index in [2.05, 4.69) is 0 Å². The minimum absolute atomic E-state index is 0.0958. The summed E-state index contributed by atoms with van der Waals surface area (Å²) in [6.45, 7) is 2.01. The summed E-state index contributed by atoms with van der Waals surface area (Å²) >= 11 is 5.85. The molecule has 102 valence electrons. The van der Waals surface area contributed by atoms with Crippen LogP contribution in [0.5, 0.6) is 5.75 Å². The maximum atomic E-state index is 12.5. The molecule has 0 saturated carbocycles. The molecule has 0 radical (unpaired) electrons. The fourth-order valence-electron chi connectivity index (χ4n) is 2.46. The number of anilines is 1. The maximum absolute atomic E-state index is 12.5. The van der Waals surface area contributed by atoms with Gasteiger partial charge in [-0.2, -0.15) is 0 Å². The van der Waals surface area contributed by atoms with E-state index in [0.29, 0.717) is 21.8 Å². The van der Waals surface area contributed by atoms with Crippen molar-refractivity contribution >= 4 is 23.1 Å². The Hall–Kier alpha value is -2.00. The highest BCUT2D eigenvalue weighted by atomic mass is 35.5. The molecule has 0 spiro atoms. The Kier molecular flexibility index (Phi) is 3.14. The van der Waals surface area contributed by atoms with Crippen molar-refractivity contribution in [2.75, 3.05) is 5.73 Å². The molecule has 1 aliphatic rings. The Balaban J connectivity index is 1.97. The lowest BCUT2D eigenvalue weighted by atomic mass is 9.99. The molecule has 0 aromatic heterocycles. The third kappa shape index (κ3) is 2.25. The lowest BCUT2D eigenvalue weighted by Crippen LogP contribution is -2.06. The topological polar surface area (TPSA) is 52.3 Å². The highest BCUT2D eigenvalue weighted by Crippen LogP contribution is 2.30. The van der Waals surface area contributed by atoms with E-state index in [0.717, 1.165) is 17.7 Å². The predicted molar refractivity (Wildman–Crippen MR) is 79.5 cm³/mol. The lowest BCUT2D eigenvalue weighted by molar-refractivity contribution is 0.103. The van der Waals surface area contributed by atoms with E-state index in [1.807, 2.05) is 19.1 Å². The molecule has 4 heteroatoms. The summed E-state index contributed by atoms with van der Waals surface area (Å²) in [6.07, 6.45) is 0.989. The van der Waals surface area contributed by atoms with Crippen molar-refractivity contribution in [3.05, 3.63) is 58.1 Å². The van der Waals surface area contributed by atoms with E-state index < -0.39 is 0 Å². The number of ether oxygens (including phenoxy) is 1. The second-order valence-corrected chi connectivity index (χ2v) is 5.45. The SMILES string of the molecule is CC1Cc2cc(C(=O)c3ccc(Cl)cc3N)ccc2O1. The first-order valence-electron chi connectivity index (χ1n) is 6.44. The number of nitrogens with two attached hydrogens (primary N) is 1. The van der Waals surface area contributed by atoms with Crippen LogP contribution < -0.4 is 10.5 Å². The number of rotatable bonds is 2. The summed E-state index contributed by atoms with van der Waals surface area (Å²) in [4.78, 5) is 12.5. The molecule has 0 bridgehead atoms. The highest BCUT2D eigenvalue weighted by Gasteiger charge is 2.21. The molecule has 1 atom stereocenters. The van der Waals surface area contributed by atoms with Crippen LogP contribution in [0.3, 0.4) is 0 Å². The fraction of sp³-hybridized carbons (Fsp3) is 0.188. The summed E-state index contributed by atoms with van der Waals surface area (Å²) in [5.41, 5.74) is 8.42. The van der Waals surface area contributed by atoms with Gasteiger partial charge in [-0.25, -0.2) is 0 Å². The monoisotopic (exact) mass is 287 g/mol. The van der Waals surface area contributed by atoms with Gasteiger partial charge in [0.15, 0.2) is 5.78 Å². The number of halogens is 1. The van der Waals surface area contributed by atoms with Gasteiger partial charge in [-0.3, -0.25) is 4.79 Å². The number of ketones is 1. The molecule has 3 nitrogen and oxygen atoms in total. The second-order valence-electron chi connectivity index (χ2n) is 5.02. The number of hydrogen-bond acceptors (Lipinski definition) is 3. The van der Waals surface area contributed by atoms with Crippen LogP contribution in [0.1, 0.15) is 28.4 Å². The van der Waals surface area contributed by atoms with Crippen LogP contribution in [-0.4, -0.2) is 11.9 Å². The summed E-state index contributed by atoms with van der Waals surface area (Å²) in [5.74, 6) is 0.764. The van der Waals surface area contributed by atoms with Gasteiger partial charge in [0, 0.05) is 28.3 Å². The molecule has 20 heavy (non-hydrogen) atoms. The number of fused-ring (bicyclic) bond motifs is 1. The summed E-state index contributed by atoms with van der Waals surface area (Å²) in [7, 11) is 0. The molecular weight excluding hydrogens is 274 g/mol. The van der Waals surface area contributed by atoms with E-state index in [-0.39, 0.29) is 11.9 Å². The van der Waals surface area contributed by atoms with Crippen molar-refractivity contribution in [2.24, 2.45) is 0 Å². The van der Waals surface area contributed by atoms with E-state index in [9.17, 15) is 4.79 Å². The lowest BCUT2D eigenvalue weighted by Gasteiger charge is -2.07. The maximum Gasteiger partial charge on any atom is 0.195 e. The van der Waals surface area contributed by atoms with E-state index in [1.54, 1.807) is 24.3 Å². The molecule has 0 aliphatic carbocycles. The van der Waals surface area contributed by atoms with Crippen molar-refractivity contribution in [1.29, 1.82) is 0 Å². The van der Waals surface area contributed by atoms with Gasteiger partial charge in [0.25, 0.3) is 0 Å². The van der Waals surface area contributed by atoms with Crippen LogP contribution in [0.15, 0.2) is 36.4 Å².